The van der Waals surface area contributed by atoms with E-state index in [0.717, 1.165) is 18.4 Å². The topological polar surface area (TPSA) is 157 Å². The second kappa shape index (κ2) is 8.74. The van der Waals surface area contributed by atoms with Gasteiger partial charge in [0.2, 0.25) is 0 Å². The lowest BCUT2D eigenvalue weighted by Gasteiger charge is -2.57. The summed E-state index contributed by atoms with van der Waals surface area (Å²) in [6.07, 6.45) is 6.31. The maximum Gasteiger partial charge on any atom is 0.0840 e. The zero-order chi connectivity index (χ0) is 20.2. The third-order valence-electron chi connectivity index (χ3n) is 4.00. The van der Waals surface area contributed by atoms with E-state index in [0.29, 0.717) is 13.5 Å². The standard InChI is InChI=1S/C15H27N3O6P2/c1-12(2)6-5-7-13(3)8-9-18-11-14(16-17-18)10-15(4,25(19,20)21)26(22,23)24/h6,8,11H,5,7,9-10H2,1-4H3,(H2,19,20,21)(H2,22,23,24)/p-4. The number of hydrogen-bond acceptors (Lipinski definition) is 8. The molecule has 0 bridgehead atoms. The maximum absolute atomic E-state index is 11.3. The van der Waals surface area contributed by atoms with Crippen molar-refractivity contribution in [2.45, 2.75) is 58.4 Å². The molecule has 0 saturated carbocycles. The van der Waals surface area contributed by atoms with Crippen molar-refractivity contribution in [3.63, 3.8) is 0 Å². The van der Waals surface area contributed by atoms with Crippen LogP contribution in [0.2, 0.25) is 0 Å². The summed E-state index contributed by atoms with van der Waals surface area (Å²) in [6.45, 7) is 6.97. The molecule has 0 saturated heterocycles. The summed E-state index contributed by atoms with van der Waals surface area (Å²) < 4.78 is 24.0. The summed E-state index contributed by atoms with van der Waals surface area (Å²) in [5.41, 5.74) is 2.31. The van der Waals surface area contributed by atoms with Crippen LogP contribution < -0.4 is 19.6 Å². The van der Waals surface area contributed by atoms with Crippen molar-refractivity contribution >= 4 is 15.2 Å². The summed E-state index contributed by atoms with van der Waals surface area (Å²) in [6, 6.07) is 0. The molecule has 1 rings (SSSR count). The number of rotatable bonds is 9. The smallest absolute Gasteiger partial charge is 0.0840 e. The van der Waals surface area contributed by atoms with Gasteiger partial charge < -0.3 is 28.7 Å². The molecule has 9 nitrogen and oxygen atoms in total. The highest BCUT2D eigenvalue weighted by molar-refractivity contribution is 7.69. The van der Waals surface area contributed by atoms with Gasteiger partial charge in [0.25, 0.3) is 0 Å². The van der Waals surface area contributed by atoms with E-state index in [1.54, 1.807) is 0 Å². The number of nitrogens with zero attached hydrogens (tertiary/aromatic N) is 3. The minimum absolute atomic E-state index is 0.0538. The molecule has 0 aromatic carbocycles. The van der Waals surface area contributed by atoms with E-state index in [1.165, 1.54) is 16.5 Å². The van der Waals surface area contributed by atoms with E-state index in [4.69, 9.17) is 0 Å². The van der Waals surface area contributed by atoms with Crippen molar-refractivity contribution in [3.8, 4) is 0 Å². The van der Waals surface area contributed by atoms with Crippen LogP contribution in [0, 0.1) is 0 Å². The maximum atomic E-state index is 11.3. The predicted octanol–water partition coefficient (Wildman–Crippen LogP) is 0.0569. The third kappa shape index (κ3) is 6.27. The van der Waals surface area contributed by atoms with Crippen LogP contribution in [0.1, 0.15) is 46.2 Å². The largest absolute Gasteiger partial charge is 0.810 e. The molecular weight excluding hydrogens is 380 g/mol. The summed E-state index contributed by atoms with van der Waals surface area (Å²) in [5, 5.41) is 7.44. The molecule has 0 aliphatic heterocycles. The van der Waals surface area contributed by atoms with Gasteiger partial charge >= 0.3 is 0 Å². The molecule has 0 unspecified atom stereocenters. The lowest BCUT2D eigenvalue weighted by atomic mass is 10.1. The fraction of sp³-hybridized carbons (Fsp3) is 0.600. The molecule has 26 heavy (non-hydrogen) atoms. The Labute approximate surface area is 153 Å². The number of hydrogen-bond donors (Lipinski definition) is 0. The zero-order valence-corrected chi connectivity index (χ0v) is 17.0. The predicted molar refractivity (Wildman–Crippen MR) is 89.8 cm³/mol. The quantitative estimate of drug-likeness (QED) is 0.413. The average Bonchev–Trinajstić information content (AvgIpc) is 2.89. The first-order valence-electron chi connectivity index (χ1n) is 7.98. The molecule has 0 fully saturated rings. The Hall–Kier alpha value is -1.08. The van der Waals surface area contributed by atoms with E-state index < -0.39 is 26.5 Å². The van der Waals surface area contributed by atoms with Crippen molar-refractivity contribution in [1.29, 1.82) is 0 Å². The molecule has 1 aromatic heterocycles. The minimum atomic E-state index is -5.70. The Balaban J connectivity index is 2.83. The second-order valence-corrected chi connectivity index (χ2v) is 11.0. The molecular formula is C15H23N3O6P2-4. The molecule has 0 N–H and O–H groups in total. The van der Waals surface area contributed by atoms with Crippen LogP contribution in [-0.4, -0.2) is 19.9 Å². The van der Waals surface area contributed by atoms with Crippen LogP contribution in [0.5, 0.6) is 0 Å². The lowest BCUT2D eigenvalue weighted by Crippen LogP contribution is -2.45. The molecule has 0 aliphatic carbocycles. The van der Waals surface area contributed by atoms with E-state index in [2.05, 4.69) is 16.4 Å². The molecule has 0 radical (unpaired) electrons. The Morgan fingerprint density at radius 2 is 1.73 bits per heavy atom. The molecule has 0 aliphatic rings. The molecule has 148 valence electrons. The van der Waals surface area contributed by atoms with Crippen molar-refractivity contribution < 1.29 is 28.7 Å². The molecule has 0 amide bonds. The van der Waals surface area contributed by atoms with Gasteiger partial charge in [0, 0.05) is 17.5 Å². The molecule has 1 heterocycles. The van der Waals surface area contributed by atoms with Gasteiger partial charge in [-0.3, -0.25) is 0 Å². The lowest BCUT2D eigenvalue weighted by molar-refractivity contribution is -0.335. The SMILES string of the molecule is CC(C)=CCCC(C)=CCn1cc(CC(C)(P(=O)([O-])[O-])P(=O)([O-])[O-])nn1. The Bertz CT molecular complexity index is 748. The fourth-order valence-corrected chi connectivity index (χ4v) is 4.05. The highest BCUT2D eigenvalue weighted by Crippen LogP contribution is 2.61. The summed E-state index contributed by atoms with van der Waals surface area (Å²) in [4.78, 5) is 42.2. The zero-order valence-electron chi connectivity index (χ0n) is 15.2. The highest BCUT2D eigenvalue weighted by atomic mass is 31.2. The van der Waals surface area contributed by atoms with Gasteiger partial charge in [-0.1, -0.05) is 43.7 Å². The van der Waals surface area contributed by atoms with Crippen molar-refractivity contribution in [1.82, 2.24) is 15.0 Å². The normalized spacial score (nSPS) is 13.8. The number of aromatic nitrogens is 3. The van der Waals surface area contributed by atoms with Gasteiger partial charge in [-0.2, -0.15) is 0 Å². The van der Waals surface area contributed by atoms with E-state index in [-0.39, 0.29) is 5.69 Å². The summed E-state index contributed by atoms with van der Waals surface area (Å²) in [7, 11) is -11.4. The van der Waals surface area contributed by atoms with Crippen LogP contribution in [0.4, 0.5) is 0 Å². The van der Waals surface area contributed by atoms with Crippen LogP contribution >= 0.6 is 15.2 Å². The van der Waals surface area contributed by atoms with E-state index >= 15 is 0 Å². The second-order valence-electron chi connectivity index (χ2n) is 6.69. The van der Waals surface area contributed by atoms with Gasteiger partial charge in [0.1, 0.15) is 0 Å². The van der Waals surface area contributed by atoms with Crippen molar-refractivity contribution in [2.24, 2.45) is 0 Å². The van der Waals surface area contributed by atoms with Crippen molar-refractivity contribution in [3.05, 3.63) is 35.2 Å². The Kier molecular flexibility index (Phi) is 7.72. The molecule has 11 heteroatoms. The van der Waals surface area contributed by atoms with Crippen LogP contribution in [0.15, 0.2) is 29.5 Å². The van der Waals surface area contributed by atoms with Gasteiger partial charge in [0.15, 0.2) is 0 Å². The molecule has 0 spiro atoms. The van der Waals surface area contributed by atoms with Gasteiger partial charge in [0.05, 0.1) is 12.2 Å². The van der Waals surface area contributed by atoms with E-state index in [9.17, 15) is 28.7 Å². The number of allylic oxidation sites excluding steroid dienone is 4. The molecule has 1 aromatic rings. The van der Waals surface area contributed by atoms with Gasteiger partial charge in [-0.05, 0) is 40.5 Å². The van der Waals surface area contributed by atoms with Crippen LogP contribution in [-0.2, 0) is 22.1 Å². The van der Waals surface area contributed by atoms with Crippen molar-refractivity contribution in [2.75, 3.05) is 0 Å². The monoisotopic (exact) mass is 403 g/mol. The first-order valence-corrected chi connectivity index (χ1v) is 11.1. The van der Waals surface area contributed by atoms with Gasteiger partial charge in [-0.15, -0.1) is 5.10 Å². The minimum Gasteiger partial charge on any atom is -0.810 e. The Morgan fingerprint density at radius 3 is 2.23 bits per heavy atom. The highest BCUT2D eigenvalue weighted by Gasteiger charge is 2.34. The summed E-state index contributed by atoms with van der Waals surface area (Å²) >= 11 is 0. The molecule has 0 atom stereocenters. The fourth-order valence-electron chi connectivity index (χ4n) is 2.14. The first-order chi connectivity index (χ1) is 11.8. The van der Waals surface area contributed by atoms with Gasteiger partial charge in [-0.25, -0.2) is 4.68 Å². The average molecular weight is 403 g/mol. The third-order valence-corrected chi connectivity index (χ3v) is 8.15. The van der Waals surface area contributed by atoms with Crippen LogP contribution in [0.3, 0.4) is 0 Å². The Morgan fingerprint density at radius 1 is 1.15 bits per heavy atom. The first kappa shape index (κ1) is 23.0. The van der Waals surface area contributed by atoms with E-state index in [1.807, 2.05) is 26.8 Å². The summed E-state index contributed by atoms with van der Waals surface area (Å²) in [5.74, 6) is 0. The van der Waals surface area contributed by atoms with Crippen LogP contribution in [0.25, 0.3) is 0 Å².